The lowest BCUT2D eigenvalue weighted by atomic mass is 9.49. The Kier molecular flexibility index (Phi) is 4.85. The van der Waals surface area contributed by atoms with Gasteiger partial charge in [0, 0.05) is 31.7 Å². The topological polar surface area (TPSA) is 40.6 Å². The summed E-state index contributed by atoms with van der Waals surface area (Å²) in [4.78, 5) is 31.1. The summed E-state index contributed by atoms with van der Waals surface area (Å²) in [6.45, 7) is 2.58. The van der Waals surface area contributed by atoms with E-state index in [1.807, 2.05) is 59.5 Å². The minimum Gasteiger partial charge on any atom is -0.339 e. The SMILES string of the molecule is O=C(c1ccccc1-c1ccccc1)N1CCN(C(=O)C23CC4CC(CC(C4)C2)C3)CC1. The first kappa shape index (κ1) is 20.0. The summed E-state index contributed by atoms with van der Waals surface area (Å²) in [6.07, 6.45) is 7.41. The van der Waals surface area contributed by atoms with Gasteiger partial charge >= 0.3 is 0 Å². The van der Waals surface area contributed by atoms with Crippen molar-refractivity contribution >= 4 is 11.8 Å². The molecule has 4 nitrogen and oxygen atoms in total. The van der Waals surface area contributed by atoms with Gasteiger partial charge in [-0.1, -0.05) is 48.5 Å². The predicted octanol–water partition coefficient (Wildman–Crippen LogP) is 4.85. The Hall–Kier alpha value is -2.62. The van der Waals surface area contributed by atoms with Crippen LogP contribution in [0.15, 0.2) is 54.6 Å². The van der Waals surface area contributed by atoms with Gasteiger partial charge in [-0.15, -0.1) is 0 Å². The number of hydrogen-bond donors (Lipinski definition) is 0. The minimum absolute atomic E-state index is 0.0753. The fourth-order valence-corrected chi connectivity index (χ4v) is 7.53. The smallest absolute Gasteiger partial charge is 0.254 e. The van der Waals surface area contributed by atoms with Crippen LogP contribution in [-0.2, 0) is 4.79 Å². The lowest BCUT2D eigenvalue weighted by Gasteiger charge is -2.57. The molecule has 1 heterocycles. The van der Waals surface area contributed by atoms with E-state index in [4.69, 9.17) is 0 Å². The van der Waals surface area contributed by atoms with E-state index in [1.54, 1.807) is 0 Å². The third-order valence-corrected chi connectivity index (χ3v) is 8.59. The molecular formula is C28H32N2O2. The van der Waals surface area contributed by atoms with Crippen LogP contribution in [0.1, 0.15) is 48.9 Å². The van der Waals surface area contributed by atoms with Gasteiger partial charge in [0.25, 0.3) is 5.91 Å². The van der Waals surface area contributed by atoms with Gasteiger partial charge in [0.1, 0.15) is 0 Å². The Labute approximate surface area is 190 Å². The monoisotopic (exact) mass is 428 g/mol. The van der Waals surface area contributed by atoms with Crippen LogP contribution in [0.3, 0.4) is 0 Å². The highest BCUT2D eigenvalue weighted by Gasteiger charge is 2.55. The molecule has 0 N–H and O–H groups in total. The van der Waals surface area contributed by atoms with Crippen molar-refractivity contribution in [3.63, 3.8) is 0 Å². The van der Waals surface area contributed by atoms with Gasteiger partial charge in [-0.25, -0.2) is 0 Å². The Morgan fingerprint density at radius 3 is 1.84 bits per heavy atom. The molecule has 4 saturated carbocycles. The van der Waals surface area contributed by atoms with Gasteiger partial charge in [0.2, 0.25) is 5.91 Å². The zero-order chi connectivity index (χ0) is 21.7. The van der Waals surface area contributed by atoms with Crippen LogP contribution < -0.4 is 0 Å². The number of benzene rings is 2. The van der Waals surface area contributed by atoms with Crippen molar-refractivity contribution in [3.05, 3.63) is 60.2 Å². The molecule has 2 aromatic rings. The fraction of sp³-hybridized carbons (Fsp3) is 0.500. The van der Waals surface area contributed by atoms with Crippen LogP contribution in [0.5, 0.6) is 0 Å². The van der Waals surface area contributed by atoms with E-state index in [1.165, 1.54) is 19.3 Å². The number of carbonyl (C=O) groups excluding carboxylic acids is 2. The van der Waals surface area contributed by atoms with E-state index in [0.717, 1.165) is 53.7 Å². The first-order valence-electron chi connectivity index (χ1n) is 12.3. The molecule has 4 aliphatic carbocycles. The van der Waals surface area contributed by atoms with Gasteiger partial charge in [-0.2, -0.15) is 0 Å². The third kappa shape index (κ3) is 3.35. The second-order valence-corrected chi connectivity index (χ2v) is 10.7. The predicted molar refractivity (Wildman–Crippen MR) is 125 cm³/mol. The van der Waals surface area contributed by atoms with Gasteiger partial charge < -0.3 is 9.80 Å². The van der Waals surface area contributed by atoms with Crippen molar-refractivity contribution in [2.75, 3.05) is 26.2 Å². The summed E-state index contributed by atoms with van der Waals surface area (Å²) in [5, 5.41) is 0. The summed E-state index contributed by atoms with van der Waals surface area (Å²) < 4.78 is 0. The Bertz CT molecular complexity index is 987. The van der Waals surface area contributed by atoms with Crippen molar-refractivity contribution < 1.29 is 9.59 Å². The van der Waals surface area contributed by atoms with Gasteiger partial charge in [0.15, 0.2) is 0 Å². The molecule has 0 atom stereocenters. The number of hydrogen-bond acceptors (Lipinski definition) is 2. The summed E-state index contributed by atoms with van der Waals surface area (Å²) in [5.74, 6) is 2.81. The fourth-order valence-electron chi connectivity index (χ4n) is 7.53. The second-order valence-electron chi connectivity index (χ2n) is 10.7. The molecule has 0 spiro atoms. The molecule has 2 aromatic carbocycles. The number of rotatable bonds is 3. The number of amides is 2. The highest BCUT2D eigenvalue weighted by molar-refractivity contribution is 6.01. The molecule has 5 fully saturated rings. The van der Waals surface area contributed by atoms with E-state index >= 15 is 0 Å². The zero-order valence-electron chi connectivity index (χ0n) is 18.7. The lowest BCUT2D eigenvalue weighted by molar-refractivity contribution is -0.159. The number of nitrogens with zero attached hydrogens (tertiary/aromatic N) is 2. The average Bonchev–Trinajstić information content (AvgIpc) is 2.83. The number of piperazine rings is 1. The molecule has 166 valence electrons. The highest BCUT2D eigenvalue weighted by Crippen LogP contribution is 2.60. The Balaban J connectivity index is 1.15. The van der Waals surface area contributed by atoms with Crippen molar-refractivity contribution in [2.24, 2.45) is 23.2 Å². The van der Waals surface area contributed by atoms with Gasteiger partial charge in [0.05, 0.1) is 5.41 Å². The van der Waals surface area contributed by atoms with Crippen LogP contribution in [-0.4, -0.2) is 47.8 Å². The zero-order valence-corrected chi connectivity index (χ0v) is 18.7. The van der Waals surface area contributed by atoms with Crippen LogP contribution in [0.25, 0.3) is 11.1 Å². The first-order chi connectivity index (χ1) is 15.6. The molecule has 32 heavy (non-hydrogen) atoms. The summed E-state index contributed by atoms with van der Waals surface area (Å²) in [5.41, 5.74) is 2.71. The number of carbonyl (C=O) groups is 2. The molecule has 2 amide bonds. The van der Waals surface area contributed by atoms with E-state index in [2.05, 4.69) is 4.90 Å². The minimum atomic E-state index is -0.0825. The molecular weight excluding hydrogens is 396 g/mol. The first-order valence-corrected chi connectivity index (χ1v) is 12.3. The molecule has 0 radical (unpaired) electrons. The lowest BCUT2D eigenvalue weighted by Crippen LogP contribution is -2.58. The van der Waals surface area contributed by atoms with Crippen molar-refractivity contribution in [3.8, 4) is 11.1 Å². The van der Waals surface area contributed by atoms with E-state index in [0.29, 0.717) is 32.1 Å². The molecule has 1 saturated heterocycles. The van der Waals surface area contributed by atoms with Gasteiger partial charge in [-0.05, 0) is 73.5 Å². The second kappa shape index (κ2) is 7.75. The maximum atomic E-state index is 13.7. The summed E-state index contributed by atoms with van der Waals surface area (Å²) in [7, 11) is 0. The average molecular weight is 429 g/mol. The maximum absolute atomic E-state index is 13.7. The normalized spacial score (nSPS) is 31.1. The highest BCUT2D eigenvalue weighted by atomic mass is 16.2. The quantitative estimate of drug-likeness (QED) is 0.701. The molecule has 0 unspecified atom stereocenters. The van der Waals surface area contributed by atoms with Crippen molar-refractivity contribution in [2.45, 2.75) is 38.5 Å². The van der Waals surface area contributed by atoms with Crippen LogP contribution in [0, 0.1) is 23.2 Å². The third-order valence-electron chi connectivity index (χ3n) is 8.59. The van der Waals surface area contributed by atoms with Crippen LogP contribution in [0.2, 0.25) is 0 Å². The standard InChI is InChI=1S/C28H32N2O2/c31-26(25-9-5-4-8-24(25)23-6-2-1-3-7-23)29-10-12-30(13-11-29)27(32)28-17-20-14-21(18-28)16-22(15-20)19-28/h1-9,20-22H,10-19H2. The van der Waals surface area contributed by atoms with Crippen molar-refractivity contribution in [1.29, 1.82) is 0 Å². The van der Waals surface area contributed by atoms with Crippen LogP contribution >= 0.6 is 0 Å². The van der Waals surface area contributed by atoms with Crippen LogP contribution in [0.4, 0.5) is 0 Å². The largest absolute Gasteiger partial charge is 0.339 e. The Morgan fingerprint density at radius 1 is 0.688 bits per heavy atom. The molecule has 7 rings (SSSR count). The van der Waals surface area contributed by atoms with E-state index in [9.17, 15) is 9.59 Å². The summed E-state index contributed by atoms with van der Waals surface area (Å²) >= 11 is 0. The van der Waals surface area contributed by atoms with Gasteiger partial charge in [-0.3, -0.25) is 9.59 Å². The molecule has 5 aliphatic rings. The summed E-state index contributed by atoms with van der Waals surface area (Å²) in [6, 6.07) is 18.0. The molecule has 4 heteroatoms. The molecule has 0 aromatic heterocycles. The van der Waals surface area contributed by atoms with E-state index < -0.39 is 0 Å². The maximum Gasteiger partial charge on any atom is 0.254 e. The van der Waals surface area contributed by atoms with E-state index in [-0.39, 0.29) is 11.3 Å². The molecule has 4 bridgehead atoms. The molecule has 1 aliphatic heterocycles. The Morgan fingerprint density at radius 2 is 1.22 bits per heavy atom. The van der Waals surface area contributed by atoms with Crippen molar-refractivity contribution in [1.82, 2.24) is 9.80 Å².